The van der Waals surface area contributed by atoms with E-state index in [2.05, 4.69) is 20.9 Å². The molecule has 0 spiro atoms. The predicted molar refractivity (Wildman–Crippen MR) is 91.7 cm³/mol. The Labute approximate surface area is 146 Å². The Kier molecular flexibility index (Phi) is 5.98. The number of amides is 1. The summed E-state index contributed by atoms with van der Waals surface area (Å²) in [4.78, 5) is 12.4. The third-order valence-electron chi connectivity index (χ3n) is 3.82. The monoisotopic (exact) mass is 355 g/mol. The summed E-state index contributed by atoms with van der Waals surface area (Å²) in [5.41, 5.74) is 1.73. The van der Waals surface area contributed by atoms with E-state index < -0.39 is 0 Å². The number of rotatable bonds is 3. The highest BCUT2D eigenvalue weighted by Gasteiger charge is 2.22. The number of piperidine rings is 1. The van der Waals surface area contributed by atoms with Crippen LogP contribution in [0.2, 0.25) is 5.02 Å². The molecule has 1 saturated heterocycles. The fourth-order valence-electron chi connectivity index (χ4n) is 2.62. The van der Waals surface area contributed by atoms with E-state index in [1.807, 2.05) is 25.1 Å². The molecule has 124 valence electrons. The average Bonchev–Trinajstić information content (AvgIpc) is 2.90. The molecule has 1 aliphatic rings. The maximum absolute atomic E-state index is 12.4. The molecule has 1 amide bonds. The lowest BCUT2D eigenvalue weighted by molar-refractivity contribution is 0.0925. The van der Waals surface area contributed by atoms with E-state index in [1.54, 1.807) is 10.7 Å². The Morgan fingerprint density at radius 3 is 2.91 bits per heavy atom. The minimum absolute atomic E-state index is 0. The summed E-state index contributed by atoms with van der Waals surface area (Å²) in [5.74, 6) is -0.190. The molecule has 2 aromatic rings. The standard InChI is InChI=1S/C15H18ClN5O.ClH/c1-10-14(15(22)18-11-5-4-8-17-9-11)19-20-21(10)13-7-3-2-6-12(13)16;/h2-3,6-7,11,17H,4-5,8-9H2,1H3,(H,18,22);1H/t11-;/m0./s1. The summed E-state index contributed by atoms with van der Waals surface area (Å²) < 4.78 is 1.59. The number of carbonyl (C=O) groups excluding carboxylic acids is 1. The first-order chi connectivity index (χ1) is 10.7. The number of benzene rings is 1. The van der Waals surface area contributed by atoms with Gasteiger partial charge in [-0.1, -0.05) is 28.9 Å². The van der Waals surface area contributed by atoms with Crippen LogP contribution in [0.25, 0.3) is 5.69 Å². The Morgan fingerprint density at radius 2 is 2.22 bits per heavy atom. The smallest absolute Gasteiger partial charge is 0.274 e. The van der Waals surface area contributed by atoms with Crippen molar-refractivity contribution in [3.8, 4) is 5.69 Å². The molecule has 1 aromatic carbocycles. The summed E-state index contributed by atoms with van der Waals surface area (Å²) >= 11 is 6.18. The van der Waals surface area contributed by atoms with Gasteiger partial charge in [-0.05, 0) is 38.4 Å². The van der Waals surface area contributed by atoms with Crippen molar-refractivity contribution in [2.24, 2.45) is 0 Å². The molecule has 0 saturated carbocycles. The van der Waals surface area contributed by atoms with Crippen molar-refractivity contribution in [2.45, 2.75) is 25.8 Å². The SMILES string of the molecule is Cc1c(C(=O)N[C@H]2CCCNC2)nnn1-c1ccccc1Cl.Cl. The van der Waals surface area contributed by atoms with E-state index in [0.717, 1.165) is 25.9 Å². The van der Waals surface area contributed by atoms with Gasteiger partial charge < -0.3 is 10.6 Å². The molecule has 0 aliphatic carbocycles. The van der Waals surface area contributed by atoms with E-state index >= 15 is 0 Å². The molecular weight excluding hydrogens is 337 g/mol. The van der Waals surface area contributed by atoms with Crippen molar-refractivity contribution in [3.63, 3.8) is 0 Å². The van der Waals surface area contributed by atoms with E-state index in [-0.39, 0.29) is 24.4 Å². The van der Waals surface area contributed by atoms with Gasteiger partial charge in [-0.25, -0.2) is 4.68 Å². The molecule has 1 aliphatic heterocycles. The van der Waals surface area contributed by atoms with Crippen LogP contribution < -0.4 is 10.6 Å². The zero-order chi connectivity index (χ0) is 15.5. The Balaban J connectivity index is 0.00000192. The van der Waals surface area contributed by atoms with Crippen molar-refractivity contribution in [1.29, 1.82) is 0 Å². The Morgan fingerprint density at radius 1 is 1.43 bits per heavy atom. The summed E-state index contributed by atoms with van der Waals surface area (Å²) in [6, 6.07) is 7.49. The van der Waals surface area contributed by atoms with Gasteiger partial charge in [0.1, 0.15) is 0 Å². The van der Waals surface area contributed by atoms with Crippen LogP contribution in [0.3, 0.4) is 0 Å². The van der Waals surface area contributed by atoms with Gasteiger partial charge in [0, 0.05) is 12.6 Å². The zero-order valence-electron chi connectivity index (χ0n) is 12.8. The van der Waals surface area contributed by atoms with Gasteiger partial charge in [0.15, 0.2) is 5.69 Å². The van der Waals surface area contributed by atoms with Crippen molar-refractivity contribution >= 4 is 29.9 Å². The van der Waals surface area contributed by atoms with Crippen LogP contribution in [0.15, 0.2) is 24.3 Å². The number of halogens is 2. The summed E-state index contributed by atoms with van der Waals surface area (Å²) in [5, 5.41) is 14.9. The number of para-hydroxylation sites is 1. The molecule has 6 nitrogen and oxygen atoms in total. The van der Waals surface area contributed by atoms with Gasteiger partial charge >= 0.3 is 0 Å². The first-order valence-corrected chi connectivity index (χ1v) is 7.73. The molecule has 0 unspecified atom stereocenters. The maximum Gasteiger partial charge on any atom is 0.274 e. The quantitative estimate of drug-likeness (QED) is 0.884. The lowest BCUT2D eigenvalue weighted by Crippen LogP contribution is -2.45. The van der Waals surface area contributed by atoms with Gasteiger partial charge in [0.05, 0.1) is 16.4 Å². The number of nitrogens with zero attached hydrogens (tertiary/aromatic N) is 3. The van der Waals surface area contributed by atoms with Crippen molar-refractivity contribution in [1.82, 2.24) is 25.6 Å². The lowest BCUT2D eigenvalue weighted by atomic mass is 10.1. The second-order valence-corrected chi connectivity index (χ2v) is 5.81. The highest BCUT2D eigenvalue weighted by atomic mass is 35.5. The minimum atomic E-state index is -0.190. The topological polar surface area (TPSA) is 71.8 Å². The number of aromatic nitrogens is 3. The predicted octanol–water partition coefficient (Wildman–Crippen LogP) is 2.13. The van der Waals surface area contributed by atoms with Gasteiger partial charge in [-0.2, -0.15) is 0 Å². The largest absolute Gasteiger partial charge is 0.347 e. The van der Waals surface area contributed by atoms with E-state index in [1.165, 1.54) is 0 Å². The van der Waals surface area contributed by atoms with Crippen LogP contribution in [-0.4, -0.2) is 40.0 Å². The molecule has 0 radical (unpaired) electrons. The molecule has 1 fully saturated rings. The fourth-order valence-corrected chi connectivity index (χ4v) is 2.84. The summed E-state index contributed by atoms with van der Waals surface area (Å²) in [6.45, 7) is 3.62. The molecule has 23 heavy (non-hydrogen) atoms. The molecule has 8 heteroatoms. The van der Waals surface area contributed by atoms with Crippen molar-refractivity contribution in [2.75, 3.05) is 13.1 Å². The molecular formula is C15H19Cl2N5O. The third-order valence-corrected chi connectivity index (χ3v) is 4.14. The second kappa shape index (κ2) is 7.77. The number of hydrogen-bond donors (Lipinski definition) is 2. The molecule has 1 aromatic heterocycles. The van der Waals surface area contributed by atoms with Crippen LogP contribution in [0.1, 0.15) is 29.0 Å². The second-order valence-electron chi connectivity index (χ2n) is 5.40. The first kappa shape index (κ1) is 17.7. The Bertz CT molecular complexity index is 682. The summed E-state index contributed by atoms with van der Waals surface area (Å²) in [6.07, 6.45) is 2.05. The van der Waals surface area contributed by atoms with Gasteiger partial charge in [0.2, 0.25) is 0 Å². The molecule has 1 atom stereocenters. The third kappa shape index (κ3) is 3.83. The molecule has 2 heterocycles. The average molecular weight is 356 g/mol. The minimum Gasteiger partial charge on any atom is -0.347 e. The maximum atomic E-state index is 12.4. The van der Waals surface area contributed by atoms with E-state index in [0.29, 0.717) is 22.1 Å². The fraction of sp³-hybridized carbons (Fsp3) is 0.400. The van der Waals surface area contributed by atoms with Gasteiger partial charge in [0.25, 0.3) is 5.91 Å². The molecule has 2 N–H and O–H groups in total. The van der Waals surface area contributed by atoms with Crippen LogP contribution in [0.5, 0.6) is 0 Å². The van der Waals surface area contributed by atoms with Crippen molar-refractivity contribution in [3.05, 3.63) is 40.7 Å². The van der Waals surface area contributed by atoms with Crippen LogP contribution in [0.4, 0.5) is 0 Å². The number of carbonyl (C=O) groups is 1. The number of nitrogens with one attached hydrogen (secondary N) is 2. The van der Waals surface area contributed by atoms with Crippen LogP contribution >= 0.6 is 24.0 Å². The van der Waals surface area contributed by atoms with E-state index in [9.17, 15) is 4.79 Å². The van der Waals surface area contributed by atoms with Crippen LogP contribution in [0, 0.1) is 6.92 Å². The number of hydrogen-bond acceptors (Lipinski definition) is 4. The summed E-state index contributed by atoms with van der Waals surface area (Å²) in [7, 11) is 0. The van der Waals surface area contributed by atoms with Gasteiger partial charge in [-0.3, -0.25) is 4.79 Å². The van der Waals surface area contributed by atoms with Crippen LogP contribution in [-0.2, 0) is 0 Å². The highest BCUT2D eigenvalue weighted by Crippen LogP contribution is 2.21. The van der Waals surface area contributed by atoms with Crippen molar-refractivity contribution < 1.29 is 4.79 Å². The Hall–Kier alpha value is -1.63. The van der Waals surface area contributed by atoms with Gasteiger partial charge in [-0.15, -0.1) is 17.5 Å². The normalized spacial score (nSPS) is 17.4. The molecule has 0 bridgehead atoms. The highest BCUT2D eigenvalue weighted by molar-refractivity contribution is 6.32. The van der Waals surface area contributed by atoms with E-state index in [4.69, 9.17) is 11.6 Å². The molecule has 3 rings (SSSR count). The lowest BCUT2D eigenvalue weighted by Gasteiger charge is -2.23. The first-order valence-electron chi connectivity index (χ1n) is 7.35. The zero-order valence-corrected chi connectivity index (χ0v) is 14.3.